The summed E-state index contributed by atoms with van der Waals surface area (Å²) in [6.45, 7) is 3.02. The summed E-state index contributed by atoms with van der Waals surface area (Å²) in [5, 5.41) is 1.32. The van der Waals surface area contributed by atoms with Crippen LogP contribution in [0.2, 0.25) is 0 Å². The lowest BCUT2D eigenvalue weighted by Crippen LogP contribution is -2.26. The Hall–Kier alpha value is -1.96. The quantitative estimate of drug-likeness (QED) is 0.753. The monoisotopic (exact) mass is 357 g/mol. The molecule has 0 saturated carbocycles. The highest BCUT2D eigenvalue weighted by molar-refractivity contribution is 7.22. The van der Waals surface area contributed by atoms with Crippen LogP contribution in [-0.4, -0.2) is 34.5 Å². The Morgan fingerprint density at radius 3 is 2.83 bits per heavy atom. The predicted octanol–water partition coefficient (Wildman–Crippen LogP) is 3.03. The number of nitrogens with two attached hydrogens (primary N) is 2. The molecule has 0 spiro atoms. The number of hydrogen-bond acceptors (Lipinski definition) is 7. The Labute approximate surface area is 148 Å². The zero-order valence-corrected chi connectivity index (χ0v) is 14.9. The minimum absolute atomic E-state index is 0.622. The smallest absolute Gasteiger partial charge is 0.181 e. The highest BCUT2D eigenvalue weighted by Crippen LogP contribution is 2.28. The van der Waals surface area contributed by atoms with Gasteiger partial charge in [-0.25, -0.2) is 9.97 Å². The SMILES string of the molecule is Nc1nc2c(s1)CCN(C/C=C/c1cccc3nc(N)sc13)CC2. The largest absolute Gasteiger partial charge is 0.375 e. The first-order chi connectivity index (χ1) is 11.7. The second-order valence-electron chi connectivity index (χ2n) is 5.87. The number of nitrogen functional groups attached to an aromatic ring is 2. The van der Waals surface area contributed by atoms with E-state index in [0.29, 0.717) is 10.3 Å². The molecule has 0 atom stereocenters. The van der Waals surface area contributed by atoms with Gasteiger partial charge >= 0.3 is 0 Å². The van der Waals surface area contributed by atoms with Gasteiger partial charge in [0.25, 0.3) is 0 Å². The standard InChI is InChI=1S/C17H19N5S2/c18-16-20-12-6-9-22(10-7-14(12)23-16)8-2-4-11-3-1-5-13-15(11)24-17(19)21-13/h1-5H,6-10H2,(H2,18,20)(H2,19,21)/b4-2+. The molecule has 0 amide bonds. The van der Waals surface area contributed by atoms with Crippen molar-refractivity contribution in [3.8, 4) is 0 Å². The molecular weight excluding hydrogens is 338 g/mol. The summed E-state index contributed by atoms with van der Waals surface area (Å²) in [4.78, 5) is 12.6. The van der Waals surface area contributed by atoms with Crippen molar-refractivity contribution >= 4 is 49.2 Å². The fraction of sp³-hybridized carbons (Fsp3) is 0.294. The average molecular weight is 358 g/mol. The molecule has 0 aliphatic carbocycles. The summed E-state index contributed by atoms with van der Waals surface area (Å²) in [6, 6.07) is 6.15. The third-order valence-electron chi connectivity index (χ3n) is 4.24. The lowest BCUT2D eigenvalue weighted by atomic mass is 10.2. The summed E-state index contributed by atoms with van der Waals surface area (Å²) < 4.78 is 1.16. The number of anilines is 2. The van der Waals surface area contributed by atoms with Gasteiger partial charge in [0.15, 0.2) is 10.3 Å². The van der Waals surface area contributed by atoms with E-state index in [1.807, 2.05) is 12.1 Å². The van der Waals surface area contributed by atoms with Crippen molar-refractivity contribution in [2.75, 3.05) is 31.1 Å². The van der Waals surface area contributed by atoms with E-state index in [4.69, 9.17) is 11.5 Å². The van der Waals surface area contributed by atoms with Gasteiger partial charge in [-0.15, -0.1) is 11.3 Å². The fourth-order valence-corrected chi connectivity index (χ4v) is 4.75. The molecule has 124 valence electrons. The summed E-state index contributed by atoms with van der Waals surface area (Å²) >= 11 is 3.18. The minimum Gasteiger partial charge on any atom is -0.375 e. The van der Waals surface area contributed by atoms with Crippen LogP contribution in [0.5, 0.6) is 0 Å². The number of fused-ring (bicyclic) bond motifs is 2. The molecule has 3 heterocycles. The van der Waals surface area contributed by atoms with E-state index in [-0.39, 0.29) is 0 Å². The van der Waals surface area contributed by atoms with Crippen molar-refractivity contribution in [2.45, 2.75) is 12.8 Å². The molecule has 5 nitrogen and oxygen atoms in total. The molecule has 0 bridgehead atoms. The number of benzene rings is 1. The third-order valence-corrected chi connectivity index (χ3v) is 6.17. The molecule has 7 heteroatoms. The number of thiazole rings is 2. The third kappa shape index (κ3) is 3.15. The van der Waals surface area contributed by atoms with Crippen LogP contribution in [0.1, 0.15) is 16.1 Å². The Morgan fingerprint density at radius 1 is 1.08 bits per heavy atom. The van der Waals surface area contributed by atoms with Gasteiger partial charge in [0.2, 0.25) is 0 Å². The highest BCUT2D eigenvalue weighted by atomic mass is 32.1. The van der Waals surface area contributed by atoms with Gasteiger partial charge in [0.1, 0.15) is 0 Å². The zero-order valence-electron chi connectivity index (χ0n) is 13.2. The van der Waals surface area contributed by atoms with Gasteiger partial charge < -0.3 is 11.5 Å². The predicted molar refractivity (Wildman–Crippen MR) is 103 cm³/mol. The second-order valence-corrected chi connectivity index (χ2v) is 8.02. The van der Waals surface area contributed by atoms with Gasteiger partial charge in [-0.05, 0) is 18.1 Å². The van der Waals surface area contributed by atoms with Gasteiger partial charge in [-0.2, -0.15) is 0 Å². The van der Waals surface area contributed by atoms with Gasteiger partial charge in [-0.3, -0.25) is 4.90 Å². The number of aromatic nitrogens is 2. The first-order valence-electron chi connectivity index (χ1n) is 7.97. The van der Waals surface area contributed by atoms with E-state index >= 15 is 0 Å². The van der Waals surface area contributed by atoms with E-state index in [9.17, 15) is 0 Å². The summed E-state index contributed by atoms with van der Waals surface area (Å²) in [6.07, 6.45) is 6.43. The van der Waals surface area contributed by atoms with E-state index in [1.54, 1.807) is 22.7 Å². The number of nitrogens with zero attached hydrogens (tertiary/aromatic N) is 3. The molecule has 0 unspecified atom stereocenters. The molecule has 1 aliphatic rings. The summed E-state index contributed by atoms with van der Waals surface area (Å²) in [5.74, 6) is 0. The molecular formula is C17H19N5S2. The first-order valence-corrected chi connectivity index (χ1v) is 9.60. The summed E-state index contributed by atoms with van der Waals surface area (Å²) in [5.41, 5.74) is 15.0. The Kier molecular flexibility index (Phi) is 4.22. The maximum absolute atomic E-state index is 5.83. The van der Waals surface area contributed by atoms with Crippen molar-refractivity contribution in [3.63, 3.8) is 0 Å². The molecule has 0 saturated heterocycles. The Morgan fingerprint density at radius 2 is 1.92 bits per heavy atom. The number of hydrogen-bond donors (Lipinski definition) is 2. The maximum atomic E-state index is 5.83. The normalized spacial score (nSPS) is 15.8. The van der Waals surface area contributed by atoms with E-state index in [0.717, 1.165) is 42.7 Å². The van der Waals surface area contributed by atoms with Crippen molar-refractivity contribution < 1.29 is 0 Å². The molecule has 0 radical (unpaired) electrons. The minimum atomic E-state index is 0.622. The van der Waals surface area contributed by atoms with Crippen molar-refractivity contribution in [1.82, 2.24) is 14.9 Å². The molecule has 4 N–H and O–H groups in total. The van der Waals surface area contributed by atoms with Crippen molar-refractivity contribution in [2.24, 2.45) is 0 Å². The molecule has 3 aromatic rings. The summed E-state index contributed by atoms with van der Waals surface area (Å²) in [7, 11) is 0. The van der Waals surface area contributed by atoms with Crippen LogP contribution in [0.15, 0.2) is 24.3 Å². The van der Waals surface area contributed by atoms with Crippen LogP contribution in [0.4, 0.5) is 10.3 Å². The van der Waals surface area contributed by atoms with Crippen LogP contribution in [0.3, 0.4) is 0 Å². The van der Waals surface area contributed by atoms with Gasteiger partial charge in [0, 0.05) is 30.9 Å². The zero-order chi connectivity index (χ0) is 16.5. The van der Waals surface area contributed by atoms with E-state index in [2.05, 4.69) is 33.1 Å². The van der Waals surface area contributed by atoms with Crippen LogP contribution in [0, 0.1) is 0 Å². The average Bonchev–Trinajstić information content (AvgIpc) is 3.06. The lowest BCUT2D eigenvalue weighted by molar-refractivity contribution is 0.318. The van der Waals surface area contributed by atoms with Crippen LogP contribution in [0.25, 0.3) is 16.3 Å². The molecule has 1 aliphatic heterocycles. The lowest BCUT2D eigenvalue weighted by Gasteiger charge is -2.17. The van der Waals surface area contributed by atoms with Gasteiger partial charge in [0.05, 0.1) is 15.9 Å². The molecule has 0 fully saturated rings. The Balaban J connectivity index is 1.43. The molecule has 2 aromatic heterocycles. The topological polar surface area (TPSA) is 81.1 Å². The van der Waals surface area contributed by atoms with Crippen LogP contribution < -0.4 is 11.5 Å². The second kappa shape index (κ2) is 6.51. The fourth-order valence-electron chi connectivity index (χ4n) is 3.06. The van der Waals surface area contributed by atoms with Crippen LogP contribution in [-0.2, 0) is 12.8 Å². The molecule has 4 rings (SSSR count). The van der Waals surface area contributed by atoms with E-state index in [1.165, 1.54) is 16.1 Å². The van der Waals surface area contributed by atoms with Crippen molar-refractivity contribution in [3.05, 3.63) is 40.4 Å². The first kappa shape index (κ1) is 15.6. The van der Waals surface area contributed by atoms with Crippen molar-refractivity contribution in [1.29, 1.82) is 0 Å². The maximum Gasteiger partial charge on any atom is 0.181 e. The van der Waals surface area contributed by atoms with Gasteiger partial charge in [-0.1, -0.05) is 35.6 Å². The van der Waals surface area contributed by atoms with Crippen LogP contribution >= 0.6 is 22.7 Å². The van der Waals surface area contributed by atoms with E-state index < -0.39 is 0 Å². The Bertz CT molecular complexity index is 870. The molecule has 1 aromatic carbocycles. The highest BCUT2D eigenvalue weighted by Gasteiger charge is 2.16. The molecule has 24 heavy (non-hydrogen) atoms. The number of rotatable bonds is 3.